The maximum atomic E-state index is 11.7. The second-order valence-corrected chi connectivity index (χ2v) is 4.27. The number of nitrogens with zero attached hydrogens (tertiary/aromatic N) is 1. The van der Waals surface area contributed by atoms with Gasteiger partial charge in [-0.3, -0.25) is 4.79 Å². The van der Waals surface area contributed by atoms with E-state index in [1.54, 1.807) is 6.07 Å². The highest BCUT2D eigenvalue weighted by Gasteiger charge is 2.18. The van der Waals surface area contributed by atoms with Gasteiger partial charge < -0.3 is 19.7 Å². The monoisotopic (exact) mass is 252 g/mol. The van der Waals surface area contributed by atoms with E-state index < -0.39 is 5.97 Å². The van der Waals surface area contributed by atoms with Crippen molar-refractivity contribution in [1.82, 2.24) is 10.2 Å². The Hall–Kier alpha value is -1.82. The Morgan fingerprint density at radius 1 is 1.39 bits per heavy atom. The number of hydrogen-bond donors (Lipinski definition) is 2. The molecule has 2 N–H and O–H groups in total. The first-order valence-electron chi connectivity index (χ1n) is 5.96. The molecular weight excluding hydrogens is 236 g/mol. The van der Waals surface area contributed by atoms with Crippen LogP contribution in [0.25, 0.3) is 0 Å². The first-order chi connectivity index (χ1) is 8.68. The number of hydrogen-bond acceptors (Lipinski definition) is 4. The van der Waals surface area contributed by atoms with Crippen LogP contribution in [0.3, 0.4) is 0 Å². The normalized spacial score (nSPS) is 15.0. The van der Waals surface area contributed by atoms with Gasteiger partial charge in [-0.05, 0) is 18.9 Å². The van der Waals surface area contributed by atoms with Crippen molar-refractivity contribution in [3.05, 3.63) is 23.7 Å². The predicted octanol–water partition coefficient (Wildman–Crippen LogP) is 0.690. The number of amides is 1. The van der Waals surface area contributed by atoms with Crippen LogP contribution in [-0.2, 0) is 11.3 Å². The lowest BCUT2D eigenvalue weighted by Crippen LogP contribution is -2.36. The molecule has 2 rings (SSSR count). The van der Waals surface area contributed by atoms with Gasteiger partial charge in [0.05, 0.1) is 12.8 Å². The van der Waals surface area contributed by atoms with Crippen molar-refractivity contribution in [2.45, 2.75) is 19.4 Å². The second-order valence-electron chi connectivity index (χ2n) is 4.27. The van der Waals surface area contributed by atoms with E-state index in [1.807, 2.05) is 4.90 Å². The summed E-state index contributed by atoms with van der Waals surface area (Å²) in [6, 6.07) is 1.59. The van der Waals surface area contributed by atoms with E-state index >= 15 is 0 Å². The molecule has 1 aromatic rings. The molecule has 0 bridgehead atoms. The minimum absolute atomic E-state index is 0.0628. The fraction of sp³-hybridized carbons (Fsp3) is 0.500. The number of furan rings is 1. The second kappa shape index (κ2) is 5.68. The summed E-state index contributed by atoms with van der Waals surface area (Å²) in [5.41, 5.74) is 0.553. The Morgan fingerprint density at radius 2 is 2.11 bits per heavy atom. The third-order valence-electron chi connectivity index (χ3n) is 2.99. The van der Waals surface area contributed by atoms with Crippen LogP contribution in [0.5, 0.6) is 0 Å². The molecule has 98 valence electrons. The minimum Gasteiger partial charge on any atom is -0.475 e. The maximum absolute atomic E-state index is 11.7. The first-order valence-corrected chi connectivity index (χ1v) is 5.96. The SMILES string of the molecule is O=C(O)c1occc1CNCC(=O)N1CCCC1. The summed E-state index contributed by atoms with van der Waals surface area (Å²) in [7, 11) is 0. The molecule has 6 heteroatoms. The summed E-state index contributed by atoms with van der Waals surface area (Å²) in [5, 5.41) is 11.8. The van der Waals surface area contributed by atoms with Gasteiger partial charge in [-0.15, -0.1) is 0 Å². The Balaban J connectivity index is 1.79. The molecule has 1 amide bonds. The zero-order valence-corrected chi connectivity index (χ0v) is 10.0. The lowest BCUT2D eigenvalue weighted by Gasteiger charge is -2.15. The van der Waals surface area contributed by atoms with Gasteiger partial charge in [-0.25, -0.2) is 4.79 Å². The molecule has 0 unspecified atom stereocenters. The van der Waals surface area contributed by atoms with Crippen LogP contribution in [0.4, 0.5) is 0 Å². The lowest BCUT2D eigenvalue weighted by atomic mass is 10.2. The standard InChI is InChI=1S/C12H16N2O4/c15-10(14-4-1-2-5-14)8-13-7-9-3-6-18-11(9)12(16)17/h3,6,13H,1-2,4-5,7-8H2,(H,16,17). The van der Waals surface area contributed by atoms with Crippen LogP contribution in [0.2, 0.25) is 0 Å². The van der Waals surface area contributed by atoms with Gasteiger partial charge in [0.15, 0.2) is 0 Å². The van der Waals surface area contributed by atoms with E-state index in [2.05, 4.69) is 5.32 Å². The highest BCUT2D eigenvalue weighted by Crippen LogP contribution is 2.10. The summed E-state index contributed by atoms with van der Waals surface area (Å²) >= 11 is 0. The van der Waals surface area contributed by atoms with E-state index in [0.29, 0.717) is 12.1 Å². The molecule has 0 radical (unpaired) electrons. The number of carboxylic acid groups (broad SMARTS) is 1. The number of rotatable bonds is 5. The van der Waals surface area contributed by atoms with Gasteiger partial charge in [0.2, 0.25) is 11.7 Å². The Bertz CT molecular complexity index is 435. The van der Waals surface area contributed by atoms with Crippen molar-refractivity contribution in [3.8, 4) is 0 Å². The number of aromatic carboxylic acids is 1. The van der Waals surface area contributed by atoms with Crippen molar-refractivity contribution >= 4 is 11.9 Å². The van der Waals surface area contributed by atoms with Gasteiger partial charge >= 0.3 is 5.97 Å². The van der Waals surface area contributed by atoms with Crippen LogP contribution in [0.15, 0.2) is 16.7 Å². The Kier molecular flexibility index (Phi) is 3.99. The number of nitrogens with one attached hydrogen (secondary N) is 1. The van der Waals surface area contributed by atoms with E-state index in [4.69, 9.17) is 9.52 Å². The molecule has 1 saturated heterocycles. The zero-order valence-electron chi connectivity index (χ0n) is 10.0. The summed E-state index contributed by atoms with van der Waals surface area (Å²) in [5.74, 6) is -1.10. The molecule has 0 aromatic carbocycles. The minimum atomic E-state index is -1.09. The summed E-state index contributed by atoms with van der Waals surface area (Å²) < 4.78 is 4.85. The Morgan fingerprint density at radius 3 is 2.78 bits per heavy atom. The molecule has 1 aliphatic heterocycles. The zero-order chi connectivity index (χ0) is 13.0. The van der Waals surface area contributed by atoms with Crippen LogP contribution >= 0.6 is 0 Å². The quantitative estimate of drug-likeness (QED) is 0.805. The number of carbonyl (C=O) groups excluding carboxylic acids is 1. The average molecular weight is 252 g/mol. The van der Waals surface area contributed by atoms with Gasteiger partial charge in [-0.2, -0.15) is 0 Å². The molecule has 0 spiro atoms. The summed E-state index contributed by atoms with van der Waals surface area (Å²) in [6.45, 7) is 2.20. The molecule has 0 atom stereocenters. The van der Waals surface area contributed by atoms with E-state index in [9.17, 15) is 9.59 Å². The molecule has 0 aliphatic carbocycles. The average Bonchev–Trinajstić information content (AvgIpc) is 2.99. The van der Waals surface area contributed by atoms with Gasteiger partial charge in [-0.1, -0.05) is 0 Å². The number of carbonyl (C=O) groups is 2. The van der Waals surface area contributed by atoms with E-state index in [-0.39, 0.29) is 18.2 Å². The molecule has 2 heterocycles. The fourth-order valence-electron chi connectivity index (χ4n) is 2.04. The number of likely N-dealkylation sites (tertiary alicyclic amines) is 1. The van der Waals surface area contributed by atoms with Crippen molar-refractivity contribution in [3.63, 3.8) is 0 Å². The predicted molar refractivity (Wildman–Crippen MR) is 63.2 cm³/mol. The summed E-state index contributed by atoms with van der Waals surface area (Å²) in [6.07, 6.45) is 3.47. The number of carboxylic acids is 1. The molecular formula is C12H16N2O4. The molecule has 6 nitrogen and oxygen atoms in total. The maximum Gasteiger partial charge on any atom is 0.372 e. The summed E-state index contributed by atoms with van der Waals surface area (Å²) in [4.78, 5) is 24.3. The molecule has 0 saturated carbocycles. The van der Waals surface area contributed by atoms with Gasteiger partial charge in [0.25, 0.3) is 0 Å². The molecule has 1 aromatic heterocycles. The van der Waals surface area contributed by atoms with Crippen molar-refractivity contribution in [2.75, 3.05) is 19.6 Å². The highest BCUT2D eigenvalue weighted by molar-refractivity contribution is 5.86. The topological polar surface area (TPSA) is 82.8 Å². The van der Waals surface area contributed by atoms with Gasteiger partial charge in [0, 0.05) is 25.2 Å². The van der Waals surface area contributed by atoms with Crippen molar-refractivity contribution in [2.24, 2.45) is 0 Å². The van der Waals surface area contributed by atoms with Gasteiger partial charge in [0.1, 0.15) is 0 Å². The molecule has 18 heavy (non-hydrogen) atoms. The van der Waals surface area contributed by atoms with Crippen LogP contribution in [0, 0.1) is 0 Å². The van der Waals surface area contributed by atoms with E-state index in [1.165, 1.54) is 6.26 Å². The Labute approximate surface area is 105 Å². The van der Waals surface area contributed by atoms with E-state index in [0.717, 1.165) is 25.9 Å². The fourth-order valence-corrected chi connectivity index (χ4v) is 2.04. The molecule has 1 aliphatic rings. The van der Waals surface area contributed by atoms with Crippen molar-refractivity contribution in [1.29, 1.82) is 0 Å². The third-order valence-corrected chi connectivity index (χ3v) is 2.99. The van der Waals surface area contributed by atoms with Crippen LogP contribution < -0.4 is 5.32 Å². The largest absolute Gasteiger partial charge is 0.475 e. The highest BCUT2D eigenvalue weighted by atomic mass is 16.4. The first kappa shape index (κ1) is 12.6. The van der Waals surface area contributed by atoms with Crippen LogP contribution in [0.1, 0.15) is 29.0 Å². The third kappa shape index (κ3) is 2.89. The van der Waals surface area contributed by atoms with Crippen LogP contribution in [-0.4, -0.2) is 41.5 Å². The smallest absolute Gasteiger partial charge is 0.372 e. The molecule has 1 fully saturated rings. The van der Waals surface area contributed by atoms with Crippen molar-refractivity contribution < 1.29 is 19.1 Å². The lowest BCUT2D eigenvalue weighted by molar-refractivity contribution is -0.129.